The SMILES string of the molecule is CCCC(C)(N)C(=O)N1CCOC(c2ccc(F)cc2)C1. The van der Waals surface area contributed by atoms with Crippen LogP contribution < -0.4 is 5.73 Å². The monoisotopic (exact) mass is 294 g/mol. The van der Waals surface area contributed by atoms with E-state index in [1.165, 1.54) is 12.1 Å². The molecular weight excluding hydrogens is 271 g/mol. The number of hydrogen-bond acceptors (Lipinski definition) is 3. The molecule has 0 spiro atoms. The van der Waals surface area contributed by atoms with Gasteiger partial charge < -0.3 is 15.4 Å². The molecule has 1 aliphatic rings. The van der Waals surface area contributed by atoms with E-state index < -0.39 is 5.54 Å². The smallest absolute Gasteiger partial charge is 0.242 e. The number of amides is 1. The van der Waals surface area contributed by atoms with Crippen LogP contribution in [0.15, 0.2) is 24.3 Å². The van der Waals surface area contributed by atoms with Crippen molar-refractivity contribution in [1.82, 2.24) is 4.90 Å². The third-order valence-corrected chi connectivity index (χ3v) is 3.85. The zero-order chi connectivity index (χ0) is 15.5. The molecule has 0 radical (unpaired) electrons. The Hall–Kier alpha value is -1.46. The van der Waals surface area contributed by atoms with Crippen LogP contribution in [0, 0.1) is 5.82 Å². The number of morpholine rings is 1. The molecule has 116 valence electrons. The van der Waals surface area contributed by atoms with E-state index in [-0.39, 0.29) is 17.8 Å². The topological polar surface area (TPSA) is 55.6 Å². The molecule has 2 rings (SSSR count). The summed E-state index contributed by atoms with van der Waals surface area (Å²) in [6.45, 7) is 5.27. The molecule has 21 heavy (non-hydrogen) atoms. The molecule has 2 atom stereocenters. The highest BCUT2D eigenvalue weighted by Gasteiger charge is 2.35. The second-order valence-electron chi connectivity index (χ2n) is 5.83. The summed E-state index contributed by atoms with van der Waals surface area (Å²) < 4.78 is 18.7. The van der Waals surface area contributed by atoms with Crippen LogP contribution in [0.1, 0.15) is 38.4 Å². The number of carbonyl (C=O) groups is 1. The molecular formula is C16H23FN2O2. The number of ether oxygens (including phenoxy) is 1. The van der Waals surface area contributed by atoms with Crippen LogP contribution in [0.3, 0.4) is 0 Å². The van der Waals surface area contributed by atoms with Crippen LogP contribution in [-0.4, -0.2) is 36.0 Å². The van der Waals surface area contributed by atoms with Crippen molar-refractivity contribution < 1.29 is 13.9 Å². The normalized spacial score (nSPS) is 21.9. The van der Waals surface area contributed by atoms with Crippen molar-refractivity contribution >= 4 is 5.91 Å². The summed E-state index contributed by atoms with van der Waals surface area (Å²) in [5.41, 5.74) is 6.17. The second kappa shape index (κ2) is 6.54. The fourth-order valence-corrected chi connectivity index (χ4v) is 2.70. The van der Waals surface area contributed by atoms with Crippen molar-refractivity contribution in [3.63, 3.8) is 0 Å². The number of halogens is 1. The molecule has 0 bridgehead atoms. The zero-order valence-electron chi connectivity index (χ0n) is 12.6. The molecule has 5 heteroatoms. The Bertz CT molecular complexity index is 488. The third-order valence-electron chi connectivity index (χ3n) is 3.85. The van der Waals surface area contributed by atoms with E-state index in [9.17, 15) is 9.18 Å². The van der Waals surface area contributed by atoms with E-state index in [4.69, 9.17) is 10.5 Å². The van der Waals surface area contributed by atoms with Crippen LogP contribution in [0.2, 0.25) is 0 Å². The number of rotatable bonds is 4. The predicted molar refractivity (Wildman–Crippen MR) is 79.2 cm³/mol. The summed E-state index contributed by atoms with van der Waals surface area (Å²) in [5.74, 6) is -0.320. The van der Waals surface area contributed by atoms with E-state index in [0.29, 0.717) is 26.1 Å². The minimum Gasteiger partial charge on any atom is -0.370 e. The fourth-order valence-electron chi connectivity index (χ4n) is 2.70. The standard InChI is InChI=1S/C16H23FN2O2/c1-3-8-16(2,18)15(20)19-9-10-21-14(11-19)12-4-6-13(17)7-5-12/h4-7,14H,3,8-11,18H2,1-2H3. The van der Waals surface area contributed by atoms with Crippen LogP contribution in [0.5, 0.6) is 0 Å². The van der Waals surface area contributed by atoms with Crippen LogP contribution in [0.25, 0.3) is 0 Å². The Kier molecular flexibility index (Phi) is 4.96. The summed E-state index contributed by atoms with van der Waals surface area (Å²) in [6.07, 6.45) is 1.30. The molecule has 1 amide bonds. The Morgan fingerprint density at radius 2 is 2.14 bits per heavy atom. The van der Waals surface area contributed by atoms with Crippen molar-refractivity contribution in [3.8, 4) is 0 Å². The summed E-state index contributed by atoms with van der Waals surface area (Å²) in [6, 6.07) is 6.20. The minimum atomic E-state index is -0.834. The maximum atomic E-state index is 13.0. The lowest BCUT2D eigenvalue weighted by atomic mass is 9.95. The van der Waals surface area contributed by atoms with Crippen molar-refractivity contribution in [2.45, 2.75) is 38.3 Å². The largest absolute Gasteiger partial charge is 0.370 e. The molecule has 0 aromatic heterocycles. The Balaban J connectivity index is 2.07. The average molecular weight is 294 g/mol. The molecule has 1 aromatic rings. The summed E-state index contributed by atoms with van der Waals surface area (Å²) in [4.78, 5) is 14.3. The summed E-state index contributed by atoms with van der Waals surface area (Å²) in [5, 5.41) is 0. The van der Waals surface area contributed by atoms with E-state index in [2.05, 4.69) is 0 Å². The first-order chi connectivity index (χ1) is 9.94. The summed E-state index contributed by atoms with van der Waals surface area (Å²) in [7, 11) is 0. The number of carbonyl (C=O) groups excluding carboxylic acids is 1. The first-order valence-corrected chi connectivity index (χ1v) is 7.39. The molecule has 1 aliphatic heterocycles. The van der Waals surface area contributed by atoms with Gasteiger partial charge >= 0.3 is 0 Å². The molecule has 0 saturated carbocycles. The second-order valence-corrected chi connectivity index (χ2v) is 5.83. The van der Waals surface area contributed by atoms with Gasteiger partial charge in [-0.2, -0.15) is 0 Å². The lowest BCUT2D eigenvalue weighted by Crippen LogP contribution is -2.56. The molecule has 1 fully saturated rings. The molecule has 2 unspecified atom stereocenters. The van der Waals surface area contributed by atoms with Gasteiger partial charge in [0, 0.05) is 6.54 Å². The molecule has 1 aromatic carbocycles. The van der Waals surface area contributed by atoms with E-state index in [1.54, 1.807) is 24.0 Å². The number of nitrogens with two attached hydrogens (primary N) is 1. The lowest BCUT2D eigenvalue weighted by molar-refractivity contribution is -0.144. The Morgan fingerprint density at radius 1 is 1.48 bits per heavy atom. The fraction of sp³-hybridized carbons (Fsp3) is 0.562. The van der Waals surface area contributed by atoms with Gasteiger partial charge in [0.25, 0.3) is 0 Å². The maximum absolute atomic E-state index is 13.0. The van der Waals surface area contributed by atoms with E-state index in [1.807, 2.05) is 6.92 Å². The quantitative estimate of drug-likeness (QED) is 0.926. The number of benzene rings is 1. The molecule has 1 saturated heterocycles. The molecule has 2 N–H and O–H groups in total. The van der Waals surface area contributed by atoms with E-state index in [0.717, 1.165) is 12.0 Å². The third kappa shape index (κ3) is 3.80. The van der Waals surface area contributed by atoms with Gasteiger partial charge in [-0.3, -0.25) is 4.79 Å². The summed E-state index contributed by atoms with van der Waals surface area (Å²) >= 11 is 0. The Labute approximate surface area is 125 Å². The van der Waals surface area contributed by atoms with E-state index >= 15 is 0 Å². The van der Waals surface area contributed by atoms with Crippen LogP contribution in [0.4, 0.5) is 4.39 Å². The van der Waals surface area contributed by atoms with Gasteiger partial charge in [0.2, 0.25) is 5.91 Å². The molecule has 4 nitrogen and oxygen atoms in total. The van der Waals surface area contributed by atoms with Gasteiger partial charge in [0.1, 0.15) is 11.9 Å². The highest BCUT2D eigenvalue weighted by molar-refractivity contribution is 5.85. The van der Waals surface area contributed by atoms with Crippen molar-refractivity contribution in [2.24, 2.45) is 5.73 Å². The van der Waals surface area contributed by atoms with Gasteiger partial charge in [0.05, 0.1) is 18.7 Å². The number of nitrogens with zero attached hydrogens (tertiary/aromatic N) is 1. The van der Waals surface area contributed by atoms with Gasteiger partial charge in [-0.1, -0.05) is 25.5 Å². The highest BCUT2D eigenvalue weighted by Crippen LogP contribution is 2.24. The first kappa shape index (κ1) is 15.9. The molecule has 0 aliphatic carbocycles. The van der Waals surface area contributed by atoms with Gasteiger partial charge in [-0.15, -0.1) is 0 Å². The van der Waals surface area contributed by atoms with Crippen LogP contribution in [-0.2, 0) is 9.53 Å². The Morgan fingerprint density at radius 3 is 2.76 bits per heavy atom. The van der Waals surface area contributed by atoms with Crippen molar-refractivity contribution in [3.05, 3.63) is 35.6 Å². The minimum absolute atomic E-state index is 0.0419. The van der Waals surface area contributed by atoms with Gasteiger partial charge in [0.15, 0.2) is 0 Å². The number of hydrogen-bond donors (Lipinski definition) is 1. The predicted octanol–water partition coefficient (Wildman–Crippen LogP) is 2.24. The lowest BCUT2D eigenvalue weighted by Gasteiger charge is -2.37. The molecule has 1 heterocycles. The first-order valence-electron chi connectivity index (χ1n) is 7.39. The zero-order valence-corrected chi connectivity index (χ0v) is 12.6. The van der Waals surface area contributed by atoms with Gasteiger partial charge in [-0.25, -0.2) is 4.39 Å². The highest BCUT2D eigenvalue weighted by atomic mass is 19.1. The van der Waals surface area contributed by atoms with Crippen LogP contribution >= 0.6 is 0 Å². The maximum Gasteiger partial charge on any atom is 0.242 e. The van der Waals surface area contributed by atoms with Gasteiger partial charge in [-0.05, 0) is 31.0 Å². The van der Waals surface area contributed by atoms with Crippen molar-refractivity contribution in [1.29, 1.82) is 0 Å². The van der Waals surface area contributed by atoms with Crippen molar-refractivity contribution in [2.75, 3.05) is 19.7 Å². The average Bonchev–Trinajstić information content (AvgIpc) is 2.47.